The van der Waals surface area contributed by atoms with Crippen molar-refractivity contribution < 1.29 is 14.6 Å². The van der Waals surface area contributed by atoms with Gasteiger partial charge in [0.2, 0.25) is 0 Å². The molecule has 0 bridgehead atoms. The smallest absolute Gasteiger partial charge is 0.251 e. The van der Waals surface area contributed by atoms with Gasteiger partial charge < -0.3 is 15.2 Å². The molecule has 3 rings (SSSR count). The van der Waals surface area contributed by atoms with Crippen molar-refractivity contribution in [3.8, 4) is 11.5 Å². The molecule has 1 heterocycles. The number of ether oxygens (including phenoxy) is 1. The highest BCUT2D eigenvalue weighted by Gasteiger charge is 2.34. The van der Waals surface area contributed by atoms with Gasteiger partial charge in [-0.05, 0) is 43.2 Å². The molecule has 0 spiro atoms. The van der Waals surface area contributed by atoms with Crippen molar-refractivity contribution >= 4 is 17.5 Å². The third-order valence-electron chi connectivity index (χ3n) is 4.31. The molecule has 1 aromatic carbocycles. The molecule has 1 aliphatic rings. The van der Waals surface area contributed by atoms with Crippen LogP contribution in [0.1, 0.15) is 36.0 Å². The number of amides is 1. The van der Waals surface area contributed by atoms with E-state index in [4.69, 9.17) is 16.3 Å². The summed E-state index contributed by atoms with van der Waals surface area (Å²) in [6.45, 7) is -0.0459. The monoisotopic (exact) mass is 346 g/mol. The Morgan fingerprint density at radius 1 is 1.25 bits per heavy atom. The van der Waals surface area contributed by atoms with Crippen molar-refractivity contribution in [2.75, 3.05) is 6.61 Å². The van der Waals surface area contributed by atoms with E-state index in [9.17, 15) is 9.90 Å². The van der Waals surface area contributed by atoms with E-state index in [2.05, 4.69) is 10.3 Å². The Morgan fingerprint density at radius 3 is 2.58 bits per heavy atom. The molecule has 6 heteroatoms. The first kappa shape index (κ1) is 16.7. The number of rotatable bonds is 5. The zero-order valence-electron chi connectivity index (χ0n) is 13.2. The first-order valence-corrected chi connectivity index (χ1v) is 8.30. The van der Waals surface area contributed by atoms with Crippen molar-refractivity contribution in [3.63, 3.8) is 0 Å². The van der Waals surface area contributed by atoms with Gasteiger partial charge in [0, 0.05) is 18.0 Å². The minimum atomic E-state index is -0.504. The molecule has 1 amide bonds. The highest BCUT2D eigenvalue weighted by molar-refractivity contribution is 6.32. The van der Waals surface area contributed by atoms with Crippen LogP contribution in [-0.4, -0.2) is 28.1 Å². The molecule has 0 atom stereocenters. The van der Waals surface area contributed by atoms with E-state index in [1.54, 1.807) is 42.7 Å². The Kier molecular flexibility index (Phi) is 5.02. The molecule has 2 N–H and O–H groups in total. The third kappa shape index (κ3) is 3.68. The fourth-order valence-corrected chi connectivity index (χ4v) is 3.16. The van der Waals surface area contributed by atoms with E-state index < -0.39 is 5.54 Å². The molecule has 126 valence electrons. The number of halogens is 1. The van der Waals surface area contributed by atoms with Gasteiger partial charge in [-0.2, -0.15) is 0 Å². The fraction of sp³-hybridized carbons (Fsp3) is 0.333. The second kappa shape index (κ2) is 7.20. The van der Waals surface area contributed by atoms with Crippen molar-refractivity contribution in [2.24, 2.45) is 0 Å². The van der Waals surface area contributed by atoms with Gasteiger partial charge in [-0.3, -0.25) is 9.78 Å². The Labute approximate surface area is 145 Å². The SMILES string of the molecule is O=C(NC1(CO)CCCC1)c1ccc(Oc2ccncc2)c(Cl)c1. The van der Waals surface area contributed by atoms with Gasteiger partial charge in [-0.1, -0.05) is 24.4 Å². The molecule has 2 aromatic rings. The Balaban J connectivity index is 1.73. The summed E-state index contributed by atoms with van der Waals surface area (Å²) in [7, 11) is 0. The van der Waals surface area contributed by atoms with Crippen LogP contribution in [-0.2, 0) is 0 Å². The number of pyridine rings is 1. The number of carbonyl (C=O) groups excluding carboxylic acids is 1. The lowest BCUT2D eigenvalue weighted by Gasteiger charge is -2.28. The average molecular weight is 347 g/mol. The summed E-state index contributed by atoms with van der Waals surface area (Å²) in [5.41, 5.74) is -0.0581. The van der Waals surface area contributed by atoms with Crippen molar-refractivity contribution in [1.29, 1.82) is 0 Å². The average Bonchev–Trinajstić information content (AvgIpc) is 3.06. The topological polar surface area (TPSA) is 71.5 Å². The zero-order valence-corrected chi connectivity index (χ0v) is 13.9. The molecule has 1 saturated carbocycles. The van der Waals surface area contributed by atoms with Crippen LogP contribution in [0.2, 0.25) is 5.02 Å². The lowest BCUT2D eigenvalue weighted by Crippen LogP contribution is -2.49. The molecule has 0 unspecified atom stereocenters. The van der Waals surface area contributed by atoms with Crippen LogP contribution in [0.3, 0.4) is 0 Å². The molecule has 24 heavy (non-hydrogen) atoms. The largest absolute Gasteiger partial charge is 0.456 e. The van der Waals surface area contributed by atoms with Crippen molar-refractivity contribution in [3.05, 3.63) is 53.3 Å². The number of carbonyl (C=O) groups is 1. The summed E-state index contributed by atoms with van der Waals surface area (Å²) >= 11 is 6.24. The van der Waals surface area contributed by atoms with Gasteiger partial charge in [-0.25, -0.2) is 0 Å². The van der Waals surface area contributed by atoms with Crippen molar-refractivity contribution in [1.82, 2.24) is 10.3 Å². The normalized spacial score (nSPS) is 15.9. The van der Waals surface area contributed by atoms with Gasteiger partial charge in [0.25, 0.3) is 5.91 Å². The quantitative estimate of drug-likeness (QED) is 0.868. The maximum Gasteiger partial charge on any atom is 0.251 e. The molecule has 1 fully saturated rings. The van der Waals surface area contributed by atoms with Crippen LogP contribution in [0, 0.1) is 0 Å². The molecule has 0 radical (unpaired) electrons. The molecule has 5 nitrogen and oxygen atoms in total. The second-order valence-electron chi connectivity index (χ2n) is 6.03. The van der Waals surface area contributed by atoms with Gasteiger partial charge in [-0.15, -0.1) is 0 Å². The van der Waals surface area contributed by atoms with E-state index in [0.717, 1.165) is 25.7 Å². The van der Waals surface area contributed by atoms with Gasteiger partial charge >= 0.3 is 0 Å². The van der Waals surface area contributed by atoms with Gasteiger partial charge in [0.05, 0.1) is 17.2 Å². The first-order chi connectivity index (χ1) is 11.6. The molecule has 0 aliphatic heterocycles. The lowest BCUT2D eigenvalue weighted by molar-refractivity contribution is 0.0838. The van der Waals surface area contributed by atoms with Gasteiger partial charge in [0.1, 0.15) is 11.5 Å². The van der Waals surface area contributed by atoms with Crippen LogP contribution in [0.25, 0.3) is 0 Å². The minimum Gasteiger partial charge on any atom is -0.456 e. The minimum absolute atomic E-state index is 0.0459. The number of hydrogen-bond donors (Lipinski definition) is 2. The summed E-state index contributed by atoms with van der Waals surface area (Å²) < 4.78 is 5.67. The van der Waals surface area contributed by atoms with E-state index in [1.165, 1.54) is 0 Å². The Bertz CT molecular complexity index is 715. The molecular formula is C18H19ClN2O3. The molecule has 1 aliphatic carbocycles. The van der Waals surface area contributed by atoms with Crippen molar-refractivity contribution in [2.45, 2.75) is 31.2 Å². The Morgan fingerprint density at radius 2 is 1.96 bits per heavy atom. The van der Waals surface area contributed by atoms with Crippen LogP contribution in [0.15, 0.2) is 42.7 Å². The number of benzene rings is 1. The zero-order chi connectivity index (χ0) is 17.0. The maximum atomic E-state index is 12.5. The highest BCUT2D eigenvalue weighted by Crippen LogP contribution is 2.32. The predicted octanol–water partition coefficient (Wildman–Crippen LogP) is 3.56. The van der Waals surface area contributed by atoms with Gasteiger partial charge in [0.15, 0.2) is 0 Å². The van der Waals surface area contributed by atoms with E-state index >= 15 is 0 Å². The number of hydrogen-bond acceptors (Lipinski definition) is 4. The fourth-order valence-electron chi connectivity index (χ4n) is 2.95. The van der Waals surface area contributed by atoms with Crippen LogP contribution in [0.5, 0.6) is 11.5 Å². The molecule has 1 aromatic heterocycles. The highest BCUT2D eigenvalue weighted by atomic mass is 35.5. The summed E-state index contributed by atoms with van der Waals surface area (Å²) in [5, 5.41) is 12.9. The molecular weight excluding hydrogens is 328 g/mol. The van der Waals surface area contributed by atoms with Crippen LogP contribution < -0.4 is 10.1 Å². The third-order valence-corrected chi connectivity index (χ3v) is 4.61. The second-order valence-corrected chi connectivity index (χ2v) is 6.44. The summed E-state index contributed by atoms with van der Waals surface area (Å²) in [6, 6.07) is 8.35. The molecule has 0 saturated heterocycles. The Hall–Kier alpha value is -2.11. The van der Waals surface area contributed by atoms with Crippen LogP contribution >= 0.6 is 11.6 Å². The standard InChI is InChI=1S/C18H19ClN2O3/c19-15-11-13(17(23)21-18(12-22)7-1-2-8-18)3-4-16(15)24-14-5-9-20-10-6-14/h3-6,9-11,22H,1-2,7-8,12H2,(H,21,23). The first-order valence-electron chi connectivity index (χ1n) is 7.93. The summed E-state index contributed by atoms with van der Waals surface area (Å²) in [6.07, 6.45) is 6.88. The number of nitrogens with one attached hydrogen (secondary N) is 1. The predicted molar refractivity (Wildman–Crippen MR) is 91.5 cm³/mol. The summed E-state index contributed by atoms with van der Waals surface area (Å²) in [5.74, 6) is 0.856. The number of nitrogens with zero attached hydrogens (tertiary/aromatic N) is 1. The van der Waals surface area contributed by atoms with Crippen LogP contribution in [0.4, 0.5) is 0 Å². The number of aromatic nitrogens is 1. The lowest BCUT2D eigenvalue weighted by atomic mass is 9.98. The number of aliphatic hydroxyl groups excluding tert-OH is 1. The van der Waals surface area contributed by atoms with E-state index in [-0.39, 0.29) is 12.5 Å². The maximum absolute atomic E-state index is 12.5. The number of aliphatic hydroxyl groups is 1. The van der Waals surface area contributed by atoms with E-state index in [0.29, 0.717) is 22.1 Å². The van der Waals surface area contributed by atoms with E-state index in [1.807, 2.05) is 0 Å². The summed E-state index contributed by atoms with van der Waals surface area (Å²) in [4.78, 5) is 16.4.